The lowest BCUT2D eigenvalue weighted by Gasteiger charge is -2.23. The Hall–Kier alpha value is -0.220. The van der Waals surface area contributed by atoms with Gasteiger partial charge in [0, 0.05) is 13.7 Å². The summed E-state index contributed by atoms with van der Waals surface area (Å²) in [5, 5.41) is 2.79. The maximum absolute atomic E-state index is 12.5. The van der Waals surface area contributed by atoms with Crippen molar-refractivity contribution in [2.24, 2.45) is 5.92 Å². The second kappa shape index (κ2) is 7.21. The Morgan fingerprint density at radius 3 is 2.38 bits per heavy atom. The minimum atomic E-state index is -2.30. The van der Waals surface area contributed by atoms with E-state index in [0.717, 1.165) is 0 Å². The van der Waals surface area contributed by atoms with Crippen LogP contribution in [0.2, 0.25) is 0 Å². The van der Waals surface area contributed by atoms with Gasteiger partial charge in [-0.15, -0.1) is 0 Å². The summed E-state index contributed by atoms with van der Waals surface area (Å²) in [6.07, 6.45) is -1.63. The summed E-state index contributed by atoms with van der Waals surface area (Å²) in [7, 11) is 1.58. The first-order valence-corrected chi connectivity index (χ1v) is 4.63. The molecule has 0 aliphatic heterocycles. The molecule has 0 heterocycles. The smallest absolute Gasteiger partial charge is 0.253 e. The third kappa shape index (κ3) is 5.16. The molecule has 1 N–H and O–H groups in total. The molecule has 0 amide bonds. The lowest BCUT2D eigenvalue weighted by Crippen LogP contribution is -2.41. The van der Waals surface area contributed by atoms with E-state index in [1.807, 2.05) is 13.8 Å². The van der Waals surface area contributed by atoms with E-state index in [0.29, 0.717) is 19.6 Å². The average molecular weight is 195 g/mol. The molecule has 0 aromatic carbocycles. The van der Waals surface area contributed by atoms with Crippen LogP contribution < -0.4 is 5.32 Å². The number of hydrogen-bond acceptors (Lipinski definition) is 2. The molecule has 0 spiro atoms. The quantitative estimate of drug-likeness (QED) is 0.670. The van der Waals surface area contributed by atoms with Gasteiger partial charge >= 0.3 is 0 Å². The predicted octanol–water partition coefficient (Wildman–Crippen LogP) is 1.90. The lowest BCUT2D eigenvalue weighted by molar-refractivity contribution is 0.0628. The van der Waals surface area contributed by atoms with E-state index < -0.39 is 12.5 Å². The summed E-state index contributed by atoms with van der Waals surface area (Å²) in [5.41, 5.74) is 0. The molecule has 0 rings (SSSR count). The van der Waals surface area contributed by atoms with Gasteiger partial charge in [0.15, 0.2) is 0 Å². The highest BCUT2D eigenvalue weighted by molar-refractivity contribution is 4.75. The fourth-order valence-electron chi connectivity index (χ4n) is 1.26. The van der Waals surface area contributed by atoms with Gasteiger partial charge in [-0.3, -0.25) is 0 Å². The van der Waals surface area contributed by atoms with E-state index in [4.69, 9.17) is 4.74 Å². The highest BCUT2D eigenvalue weighted by atomic mass is 19.3. The Balaban J connectivity index is 3.87. The van der Waals surface area contributed by atoms with Crippen LogP contribution in [0.25, 0.3) is 0 Å². The van der Waals surface area contributed by atoms with Gasteiger partial charge in [-0.1, -0.05) is 13.8 Å². The normalized spacial score (nSPS) is 16.2. The van der Waals surface area contributed by atoms with Crippen molar-refractivity contribution in [3.8, 4) is 0 Å². The van der Waals surface area contributed by atoms with Gasteiger partial charge in [-0.2, -0.15) is 0 Å². The standard InChI is InChI=1S/C9H19F2NO/c1-4-12-8(9(10)11)7(2)5-6-13-3/h7-9,12H,4-6H2,1-3H3. The molecule has 0 aromatic heterocycles. The van der Waals surface area contributed by atoms with E-state index >= 15 is 0 Å². The molecule has 0 aliphatic rings. The van der Waals surface area contributed by atoms with Crippen molar-refractivity contribution in [1.82, 2.24) is 5.32 Å². The molecule has 0 aliphatic carbocycles. The van der Waals surface area contributed by atoms with Crippen LogP contribution in [0.1, 0.15) is 20.3 Å². The summed E-state index contributed by atoms with van der Waals surface area (Å²) >= 11 is 0. The lowest BCUT2D eigenvalue weighted by atomic mass is 9.99. The number of hydrogen-bond donors (Lipinski definition) is 1. The zero-order valence-electron chi connectivity index (χ0n) is 8.52. The van der Waals surface area contributed by atoms with Crippen LogP contribution in [0.3, 0.4) is 0 Å². The molecule has 0 bridgehead atoms. The third-order valence-corrected chi connectivity index (χ3v) is 2.10. The van der Waals surface area contributed by atoms with Gasteiger partial charge < -0.3 is 10.1 Å². The monoisotopic (exact) mass is 195 g/mol. The van der Waals surface area contributed by atoms with Crippen molar-refractivity contribution >= 4 is 0 Å². The Morgan fingerprint density at radius 1 is 1.38 bits per heavy atom. The summed E-state index contributed by atoms with van der Waals surface area (Å²) < 4.78 is 29.8. The Kier molecular flexibility index (Phi) is 7.09. The largest absolute Gasteiger partial charge is 0.385 e. The fraction of sp³-hybridized carbons (Fsp3) is 1.00. The molecular weight excluding hydrogens is 176 g/mol. The molecule has 2 atom stereocenters. The summed E-state index contributed by atoms with van der Waals surface area (Å²) in [5.74, 6) is -0.0556. The molecule has 4 heteroatoms. The number of ether oxygens (including phenoxy) is 1. The van der Waals surface area contributed by atoms with E-state index in [1.54, 1.807) is 7.11 Å². The van der Waals surface area contributed by atoms with Crippen LogP contribution in [-0.2, 0) is 4.74 Å². The van der Waals surface area contributed by atoms with Gasteiger partial charge in [-0.05, 0) is 18.9 Å². The zero-order valence-corrected chi connectivity index (χ0v) is 8.52. The molecule has 80 valence electrons. The molecule has 0 radical (unpaired) electrons. The molecule has 0 saturated carbocycles. The average Bonchev–Trinajstić information content (AvgIpc) is 2.09. The van der Waals surface area contributed by atoms with Crippen molar-refractivity contribution in [3.63, 3.8) is 0 Å². The van der Waals surface area contributed by atoms with Gasteiger partial charge in [0.25, 0.3) is 6.43 Å². The Morgan fingerprint density at radius 2 is 2.00 bits per heavy atom. The number of alkyl halides is 2. The summed E-state index contributed by atoms with van der Waals surface area (Å²) in [6, 6.07) is -0.708. The van der Waals surface area contributed by atoms with Crippen LogP contribution in [0.5, 0.6) is 0 Å². The molecular formula is C9H19F2NO. The van der Waals surface area contributed by atoms with Crippen molar-refractivity contribution in [2.75, 3.05) is 20.3 Å². The number of methoxy groups -OCH3 is 1. The molecule has 0 fully saturated rings. The molecule has 0 saturated heterocycles. The predicted molar refractivity (Wildman–Crippen MR) is 49.1 cm³/mol. The van der Waals surface area contributed by atoms with Crippen LogP contribution >= 0.6 is 0 Å². The maximum atomic E-state index is 12.5. The molecule has 2 nitrogen and oxygen atoms in total. The van der Waals surface area contributed by atoms with Crippen molar-refractivity contribution in [1.29, 1.82) is 0 Å². The van der Waals surface area contributed by atoms with Gasteiger partial charge in [0.1, 0.15) is 0 Å². The van der Waals surface area contributed by atoms with E-state index in [9.17, 15) is 8.78 Å². The number of halogens is 2. The second-order valence-electron chi connectivity index (χ2n) is 3.18. The van der Waals surface area contributed by atoms with E-state index in [1.165, 1.54) is 0 Å². The number of nitrogens with one attached hydrogen (secondary N) is 1. The van der Waals surface area contributed by atoms with Gasteiger partial charge in [0.2, 0.25) is 0 Å². The highest BCUT2D eigenvalue weighted by Crippen LogP contribution is 2.15. The Labute approximate surface area is 78.7 Å². The first-order valence-electron chi connectivity index (χ1n) is 4.63. The molecule has 13 heavy (non-hydrogen) atoms. The van der Waals surface area contributed by atoms with Crippen LogP contribution in [-0.4, -0.2) is 32.7 Å². The number of rotatable bonds is 7. The third-order valence-electron chi connectivity index (χ3n) is 2.10. The first-order chi connectivity index (χ1) is 6.13. The first kappa shape index (κ1) is 12.8. The van der Waals surface area contributed by atoms with Gasteiger partial charge in [0.05, 0.1) is 6.04 Å². The Bertz CT molecular complexity index is 122. The molecule has 0 aromatic rings. The zero-order chi connectivity index (χ0) is 10.3. The minimum Gasteiger partial charge on any atom is -0.385 e. The van der Waals surface area contributed by atoms with Crippen LogP contribution in [0, 0.1) is 5.92 Å². The fourth-order valence-corrected chi connectivity index (χ4v) is 1.26. The second-order valence-corrected chi connectivity index (χ2v) is 3.18. The minimum absolute atomic E-state index is 0.0556. The van der Waals surface area contributed by atoms with Crippen molar-refractivity contribution in [3.05, 3.63) is 0 Å². The summed E-state index contributed by atoms with van der Waals surface area (Å²) in [4.78, 5) is 0. The van der Waals surface area contributed by atoms with Crippen LogP contribution in [0.15, 0.2) is 0 Å². The van der Waals surface area contributed by atoms with E-state index in [-0.39, 0.29) is 5.92 Å². The van der Waals surface area contributed by atoms with Crippen LogP contribution in [0.4, 0.5) is 8.78 Å². The highest BCUT2D eigenvalue weighted by Gasteiger charge is 2.24. The van der Waals surface area contributed by atoms with Crippen molar-refractivity contribution < 1.29 is 13.5 Å². The van der Waals surface area contributed by atoms with Crippen molar-refractivity contribution in [2.45, 2.75) is 32.7 Å². The summed E-state index contributed by atoms with van der Waals surface area (Å²) in [6.45, 7) is 4.76. The van der Waals surface area contributed by atoms with Gasteiger partial charge in [-0.25, -0.2) is 8.78 Å². The maximum Gasteiger partial charge on any atom is 0.253 e. The molecule has 2 unspecified atom stereocenters. The topological polar surface area (TPSA) is 21.3 Å². The SMILES string of the molecule is CCNC(C(F)F)C(C)CCOC. The van der Waals surface area contributed by atoms with E-state index in [2.05, 4.69) is 5.32 Å².